The third-order valence-electron chi connectivity index (χ3n) is 3.54. The SMILES string of the molecule is Cn1ccnc1CCNC(=O)c1cc(Br)cn1C1CC1. The van der Waals surface area contributed by atoms with Crippen molar-refractivity contribution >= 4 is 21.8 Å². The number of aromatic nitrogens is 3. The third kappa shape index (κ3) is 2.80. The van der Waals surface area contributed by atoms with Gasteiger partial charge in [0, 0.05) is 49.1 Å². The number of hydrogen-bond donors (Lipinski definition) is 1. The Morgan fingerprint density at radius 3 is 3.00 bits per heavy atom. The van der Waals surface area contributed by atoms with Crippen molar-refractivity contribution in [1.82, 2.24) is 19.4 Å². The average molecular weight is 337 g/mol. The number of halogens is 1. The van der Waals surface area contributed by atoms with Crippen LogP contribution in [-0.4, -0.2) is 26.6 Å². The molecule has 0 aromatic carbocycles. The van der Waals surface area contributed by atoms with E-state index < -0.39 is 0 Å². The Balaban J connectivity index is 1.60. The molecule has 1 N–H and O–H groups in total. The Labute approximate surface area is 126 Å². The summed E-state index contributed by atoms with van der Waals surface area (Å²) in [6.07, 6.45) is 8.73. The minimum absolute atomic E-state index is 0.0168. The summed E-state index contributed by atoms with van der Waals surface area (Å²) >= 11 is 3.44. The van der Waals surface area contributed by atoms with E-state index in [-0.39, 0.29) is 5.91 Å². The van der Waals surface area contributed by atoms with Crippen LogP contribution in [0.1, 0.15) is 35.2 Å². The first-order chi connectivity index (χ1) is 9.65. The van der Waals surface area contributed by atoms with Crippen molar-refractivity contribution in [1.29, 1.82) is 0 Å². The quantitative estimate of drug-likeness (QED) is 0.910. The molecular formula is C14H17BrN4O. The lowest BCUT2D eigenvalue weighted by Crippen LogP contribution is -2.28. The van der Waals surface area contributed by atoms with Crippen molar-refractivity contribution in [2.75, 3.05) is 6.54 Å². The minimum atomic E-state index is -0.0168. The van der Waals surface area contributed by atoms with Gasteiger partial charge in [0.1, 0.15) is 11.5 Å². The third-order valence-corrected chi connectivity index (χ3v) is 3.98. The van der Waals surface area contributed by atoms with Gasteiger partial charge in [0.15, 0.2) is 0 Å². The summed E-state index contributed by atoms with van der Waals surface area (Å²) in [7, 11) is 1.96. The van der Waals surface area contributed by atoms with E-state index in [9.17, 15) is 4.79 Å². The van der Waals surface area contributed by atoms with E-state index in [1.165, 1.54) is 0 Å². The zero-order valence-electron chi connectivity index (χ0n) is 11.3. The van der Waals surface area contributed by atoms with Crippen LogP contribution in [0.5, 0.6) is 0 Å². The zero-order chi connectivity index (χ0) is 14.1. The van der Waals surface area contributed by atoms with Gasteiger partial charge in [-0.3, -0.25) is 4.79 Å². The van der Waals surface area contributed by atoms with E-state index in [0.29, 0.717) is 12.6 Å². The molecule has 0 atom stereocenters. The van der Waals surface area contributed by atoms with Gasteiger partial charge in [-0.2, -0.15) is 0 Å². The standard InChI is InChI=1S/C14H17BrN4O/c1-18-7-6-16-13(18)4-5-17-14(20)12-8-10(15)9-19(12)11-2-3-11/h6-9,11H,2-5H2,1H3,(H,17,20). The first-order valence-electron chi connectivity index (χ1n) is 6.77. The molecule has 0 spiro atoms. The van der Waals surface area contributed by atoms with Gasteiger partial charge in [-0.05, 0) is 34.8 Å². The van der Waals surface area contributed by atoms with Crippen molar-refractivity contribution in [3.05, 3.63) is 40.6 Å². The largest absolute Gasteiger partial charge is 0.350 e. The van der Waals surface area contributed by atoms with Crippen molar-refractivity contribution in [3.8, 4) is 0 Å². The molecule has 2 heterocycles. The molecule has 0 bridgehead atoms. The Kier molecular flexibility index (Phi) is 3.65. The zero-order valence-corrected chi connectivity index (χ0v) is 12.9. The fraction of sp³-hybridized carbons (Fsp3) is 0.429. The Morgan fingerprint density at radius 1 is 1.55 bits per heavy atom. The number of nitrogens with one attached hydrogen (secondary N) is 1. The molecule has 5 nitrogen and oxygen atoms in total. The maximum atomic E-state index is 12.2. The summed E-state index contributed by atoms with van der Waals surface area (Å²) in [4.78, 5) is 16.5. The van der Waals surface area contributed by atoms with Gasteiger partial charge in [0.2, 0.25) is 0 Å². The van der Waals surface area contributed by atoms with E-state index in [0.717, 1.165) is 35.3 Å². The molecule has 0 saturated heterocycles. The van der Waals surface area contributed by atoms with Gasteiger partial charge in [0.05, 0.1) is 0 Å². The summed E-state index contributed by atoms with van der Waals surface area (Å²) in [5, 5.41) is 2.97. The van der Waals surface area contributed by atoms with E-state index >= 15 is 0 Å². The van der Waals surface area contributed by atoms with Crippen molar-refractivity contribution in [3.63, 3.8) is 0 Å². The fourth-order valence-corrected chi connectivity index (χ4v) is 2.74. The van der Waals surface area contributed by atoms with Gasteiger partial charge in [-0.1, -0.05) is 0 Å². The Morgan fingerprint density at radius 2 is 2.35 bits per heavy atom. The maximum Gasteiger partial charge on any atom is 0.267 e. The number of hydrogen-bond acceptors (Lipinski definition) is 2. The highest BCUT2D eigenvalue weighted by atomic mass is 79.9. The van der Waals surface area contributed by atoms with Gasteiger partial charge in [-0.15, -0.1) is 0 Å². The van der Waals surface area contributed by atoms with Crippen LogP contribution in [0, 0.1) is 0 Å². The van der Waals surface area contributed by atoms with E-state index in [2.05, 4.69) is 30.8 Å². The summed E-state index contributed by atoms with van der Waals surface area (Å²) in [5.74, 6) is 0.959. The van der Waals surface area contributed by atoms with Crippen LogP contribution >= 0.6 is 15.9 Å². The van der Waals surface area contributed by atoms with E-state index in [1.54, 1.807) is 6.20 Å². The van der Waals surface area contributed by atoms with Gasteiger partial charge < -0.3 is 14.5 Å². The fourth-order valence-electron chi connectivity index (χ4n) is 2.30. The van der Waals surface area contributed by atoms with E-state index in [1.807, 2.05) is 30.1 Å². The first-order valence-corrected chi connectivity index (χ1v) is 7.56. The van der Waals surface area contributed by atoms with Crippen LogP contribution in [0.3, 0.4) is 0 Å². The molecule has 0 aliphatic heterocycles. The average Bonchev–Trinajstić information content (AvgIpc) is 3.08. The topological polar surface area (TPSA) is 51.9 Å². The lowest BCUT2D eigenvalue weighted by Gasteiger charge is -2.08. The molecular weight excluding hydrogens is 320 g/mol. The molecule has 6 heteroatoms. The normalized spacial score (nSPS) is 14.5. The van der Waals surface area contributed by atoms with Crippen molar-refractivity contribution < 1.29 is 4.79 Å². The lowest BCUT2D eigenvalue weighted by atomic mass is 10.3. The predicted molar refractivity (Wildman–Crippen MR) is 79.6 cm³/mol. The second-order valence-electron chi connectivity index (χ2n) is 5.14. The molecule has 0 unspecified atom stereocenters. The highest BCUT2D eigenvalue weighted by Gasteiger charge is 2.27. The molecule has 1 aliphatic rings. The minimum Gasteiger partial charge on any atom is -0.350 e. The Bertz CT molecular complexity index is 627. The highest BCUT2D eigenvalue weighted by Crippen LogP contribution is 2.37. The van der Waals surface area contributed by atoms with Crippen LogP contribution in [0.25, 0.3) is 0 Å². The molecule has 0 radical (unpaired) electrons. The maximum absolute atomic E-state index is 12.2. The summed E-state index contributed by atoms with van der Waals surface area (Å²) < 4.78 is 4.99. The number of rotatable bonds is 5. The van der Waals surface area contributed by atoms with Crippen LogP contribution in [0.15, 0.2) is 29.1 Å². The molecule has 3 rings (SSSR count). The summed E-state index contributed by atoms with van der Waals surface area (Å²) in [6, 6.07) is 2.38. The molecule has 2 aromatic rings. The molecule has 1 fully saturated rings. The monoisotopic (exact) mass is 336 g/mol. The predicted octanol–water partition coefficient (Wildman–Crippen LogP) is 2.29. The van der Waals surface area contributed by atoms with Crippen molar-refractivity contribution in [2.24, 2.45) is 7.05 Å². The number of imidazole rings is 1. The number of carbonyl (C=O) groups excluding carboxylic acids is 1. The van der Waals surface area contributed by atoms with Crippen LogP contribution < -0.4 is 5.32 Å². The van der Waals surface area contributed by atoms with E-state index in [4.69, 9.17) is 0 Å². The highest BCUT2D eigenvalue weighted by molar-refractivity contribution is 9.10. The lowest BCUT2D eigenvalue weighted by molar-refractivity contribution is 0.0944. The molecule has 1 amide bonds. The van der Waals surface area contributed by atoms with Crippen LogP contribution in [0.4, 0.5) is 0 Å². The number of carbonyl (C=O) groups is 1. The number of nitrogens with zero attached hydrogens (tertiary/aromatic N) is 3. The second-order valence-corrected chi connectivity index (χ2v) is 6.06. The molecule has 1 aliphatic carbocycles. The molecule has 20 heavy (non-hydrogen) atoms. The van der Waals surface area contributed by atoms with Gasteiger partial charge >= 0.3 is 0 Å². The van der Waals surface area contributed by atoms with Crippen LogP contribution in [-0.2, 0) is 13.5 Å². The molecule has 2 aromatic heterocycles. The number of amides is 1. The molecule has 106 valence electrons. The van der Waals surface area contributed by atoms with Crippen molar-refractivity contribution in [2.45, 2.75) is 25.3 Å². The summed E-state index contributed by atoms with van der Waals surface area (Å²) in [6.45, 7) is 0.594. The smallest absolute Gasteiger partial charge is 0.267 e. The molecule has 1 saturated carbocycles. The Hall–Kier alpha value is -1.56. The first kappa shape index (κ1) is 13.4. The summed E-state index contributed by atoms with van der Waals surface area (Å²) in [5.41, 5.74) is 0.735. The van der Waals surface area contributed by atoms with Gasteiger partial charge in [-0.25, -0.2) is 4.98 Å². The van der Waals surface area contributed by atoms with Crippen LogP contribution in [0.2, 0.25) is 0 Å². The number of aryl methyl sites for hydroxylation is 1. The second kappa shape index (κ2) is 5.44. The van der Waals surface area contributed by atoms with Gasteiger partial charge in [0.25, 0.3) is 5.91 Å².